The molecule has 0 fully saturated rings. The van der Waals surface area contributed by atoms with Gasteiger partial charge >= 0.3 is 0 Å². The monoisotopic (exact) mass is 82.1 g/mol. The minimum atomic E-state index is 0.231. The van der Waals surface area contributed by atoms with Crippen molar-refractivity contribution in [1.29, 1.82) is 5.41 Å². The van der Waals surface area contributed by atoms with E-state index in [2.05, 4.69) is 0 Å². The summed E-state index contributed by atoms with van der Waals surface area (Å²) in [5, 5.41) is 6.72. The van der Waals surface area contributed by atoms with Crippen LogP contribution in [0.4, 0.5) is 0 Å². The number of allylic oxidation sites excluding steroid dienone is 1. The zero-order chi connectivity index (χ0) is 4.57. The van der Waals surface area contributed by atoms with Gasteiger partial charge in [-0.25, -0.2) is 0 Å². The summed E-state index contributed by atoms with van der Waals surface area (Å²) in [5.74, 6) is 0.231. The first kappa shape index (κ1) is 3.40. The molecule has 0 aromatic rings. The van der Waals surface area contributed by atoms with E-state index in [-0.39, 0.29) is 5.84 Å². The van der Waals surface area contributed by atoms with E-state index in [0.717, 1.165) is 12.0 Å². The van der Waals surface area contributed by atoms with E-state index in [9.17, 15) is 0 Å². The second-order valence-electron chi connectivity index (χ2n) is 1.35. The van der Waals surface area contributed by atoms with Gasteiger partial charge in [-0.1, -0.05) is 6.08 Å². The quantitative estimate of drug-likeness (QED) is 0.346. The minimum Gasteiger partial charge on any atom is -0.384 e. The normalized spacial score (nSPS) is 16.3. The Balaban J connectivity index is 2.52. The van der Waals surface area contributed by atoms with Crippen molar-refractivity contribution >= 4 is 5.84 Å². The smallest absolute Gasteiger partial charge is 0.118 e. The Labute approximate surface area is 36.2 Å². The van der Waals surface area contributed by atoms with Crippen molar-refractivity contribution in [3.63, 3.8) is 0 Å². The average Bonchev–Trinajstić information content (AvgIpc) is 2.06. The molecule has 3 N–H and O–H groups in total. The Morgan fingerprint density at radius 1 is 2.00 bits per heavy atom. The molecule has 1 aliphatic carbocycles. The van der Waals surface area contributed by atoms with Crippen molar-refractivity contribution in [3.8, 4) is 0 Å². The highest BCUT2D eigenvalue weighted by Gasteiger charge is 2.07. The van der Waals surface area contributed by atoms with Gasteiger partial charge in [-0.15, -0.1) is 0 Å². The molecule has 0 spiro atoms. The first-order valence-corrected chi connectivity index (χ1v) is 1.84. The summed E-state index contributed by atoms with van der Waals surface area (Å²) in [5.41, 5.74) is 6.01. The predicted octanol–water partition coefficient (Wildman–Crippen LogP) is 0.252. The van der Waals surface area contributed by atoms with Crippen LogP contribution in [-0.4, -0.2) is 5.84 Å². The fraction of sp³-hybridized carbons (Fsp3) is 0.250. The van der Waals surface area contributed by atoms with Crippen LogP contribution >= 0.6 is 0 Å². The molecule has 0 aromatic heterocycles. The lowest BCUT2D eigenvalue weighted by Crippen LogP contribution is -2.06. The van der Waals surface area contributed by atoms with Gasteiger partial charge in [-0.05, 0) is 12.0 Å². The Morgan fingerprint density at radius 3 is 2.50 bits per heavy atom. The fourth-order valence-corrected chi connectivity index (χ4v) is 0.271. The lowest BCUT2D eigenvalue weighted by atomic mass is 10.5. The predicted molar refractivity (Wildman–Crippen MR) is 24.6 cm³/mol. The summed E-state index contributed by atoms with van der Waals surface area (Å²) >= 11 is 0. The zero-order valence-electron chi connectivity index (χ0n) is 3.36. The maximum atomic E-state index is 6.72. The van der Waals surface area contributed by atoms with Gasteiger partial charge in [0.25, 0.3) is 0 Å². The van der Waals surface area contributed by atoms with Crippen molar-refractivity contribution in [2.75, 3.05) is 0 Å². The summed E-state index contributed by atoms with van der Waals surface area (Å²) in [6.07, 6.45) is 2.87. The van der Waals surface area contributed by atoms with Crippen molar-refractivity contribution in [2.24, 2.45) is 5.73 Å². The molecular weight excluding hydrogens is 76.1 g/mol. The molecule has 0 saturated heterocycles. The standard InChI is InChI=1S/C4H6N2/c5-4(6)3-1-2-3/h1H,2H2,(H3,5,6). The highest BCUT2D eigenvalue weighted by Crippen LogP contribution is 2.15. The molecule has 0 aromatic carbocycles. The minimum absolute atomic E-state index is 0.231. The van der Waals surface area contributed by atoms with E-state index in [0.29, 0.717) is 0 Å². The Kier molecular flexibility index (Phi) is 0.473. The van der Waals surface area contributed by atoms with Crippen LogP contribution in [0.5, 0.6) is 0 Å². The molecule has 2 heteroatoms. The maximum absolute atomic E-state index is 6.72. The molecule has 1 aliphatic rings. The first-order valence-electron chi connectivity index (χ1n) is 1.84. The Hall–Kier alpha value is -0.790. The summed E-state index contributed by atoms with van der Waals surface area (Å²) in [4.78, 5) is 0. The molecule has 0 amide bonds. The van der Waals surface area contributed by atoms with Crippen molar-refractivity contribution < 1.29 is 0 Å². The second kappa shape index (κ2) is 0.834. The van der Waals surface area contributed by atoms with Gasteiger partial charge in [0.2, 0.25) is 0 Å². The first-order chi connectivity index (χ1) is 2.80. The molecule has 0 radical (unpaired) electrons. The number of rotatable bonds is 1. The molecule has 32 valence electrons. The van der Waals surface area contributed by atoms with Crippen LogP contribution in [0, 0.1) is 5.41 Å². The third-order valence-corrected chi connectivity index (χ3v) is 0.754. The van der Waals surface area contributed by atoms with Crippen LogP contribution in [0.3, 0.4) is 0 Å². The van der Waals surface area contributed by atoms with Crippen molar-refractivity contribution in [1.82, 2.24) is 0 Å². The lowest BCUT2D eigenvalue weighted by molar-refractivity contribution is 1.42. The number of hydrogen-bond donors (Lipinski definition) is 2. The number of amidine groups is 1. The molecule has 0 saturated carbocycles. The topological polar surface area (TPSA) is 49.9 Å². The third kappa shape index (κ3) is 0.407. The number of nitrogens with one attached hydrogen (secondary N) is 1. The maximum Gasteiger partial charge on any atom is 0.118 e. The summed E-state index contributed by atoms with van der Waals surface area (Å²) < 4.78 is 0. The molecule has 0 aliphatic heterocycles. The highest BCUT2D eigenvalue weighted by molar-refractivity contribution is 5.98. The van der Waals surface area contributed by atoms with Gasteiger partial charge in [0.05, 0.1) is 0 Å². The van der Waals surface area contributed by atoms with Crippen molar-refractivity contribution in [2.45, 2.75) is 6.42 Å². The van der Waals surface area contributed by atoms with Gasteiger partial charge in [0.1, 0.15) is 5.84 Å². The fourth-order valence-electron chi connectivity index (χ4n) is 0.271. The van der Waals surface area contributed by atoms with Gasteiger partial charge in [-0.3, -0.25) is 5.41 Å². The summed E-state index contributed by atoms with van der Waals surface area (Å²) in [7, 11) is 0. The molecule has 0 bridgehead atoms. The van der Waals surface area contributed by atoms with Crippen LogP contribution in [0.25, 0.3) is 0 Å². The van der Waals surface area contributed by atoms with Crippen LogP contribution in [0.15, 0.2) is 11.6 Å². The van der Waals surface area contributed by atoms with E-state index in [1.807, 2.05) is 6.08 Å². The SMILES string of the molecule is N=C(N)C1=CC1. The van der Waals surface area contributed by atoms with E-state index < -0.39 is 0 Å². The molecule has 0 heterocycles. The molecule has 6 heavy (non-hydrogen) atoms. The molecule has 0 atom stereocenters. The lowest BCUT2D eigenvalue weighted by Gasteiger charge is -1.78. The Bertz CT molecular complexity index is 113. The van der Waals surface area contributed by atoms with Gasteiger partial charge in [-0.2, -0.15) is 0 Å². The molecular formula is C4H6N2. The van der Waals surface area contributed by atoms with Crippen molar-refractivity contribution in [3.05, 3.63) is 11.6 Å². The van der Waals surface area contributed by atoms with Crippen LogP contribution in [0.1, 0.15) is 6.42 Å². The number of nitrogens with two attached hydrogens (primary N) is 1. The molecule has 1 rings (SSSR count). The second-order valence-corrected chi connectivity index (χ2v) is 1.35. The van der Waals surface area contributed by atoms with E-state index >= 15 is 0 Å². The van der Waals surface area contributed by atoms with Crippen LogP contribution < -0.4 is 5.73 Å². The van der Waals surface area contributed by atoms with Crippen LogP contribution in [0.2, 0.25) is 0 Å². The van der Waals surface area contributed by atoms with E-state index in [1.165, 1.54) is 0 Å². The summed E-state index contributed by atoms with van der Waals surface area (Å²) in [6.45, 7) is 0. The van der Waals surface area contributed by atoms with Gasteiger partial charge in [0, 0.05) is 0 Å². The average molecular weight is 82.1 g/mol. The van der Waals surface area contributed by atoms with E-state index in [4.69, 9.17) is 11.1 Å². The number of hydrogen-bond acceptors (Lipinski definition) is 1. The van der Waals surface area contributed by atoms with E-state index in [1.54, 1.807) is 0 Å². The zero-order valence-corrected chi connectivity index (χ0v) is 3.36. The third-order valence-electron chi connectivity index (χ3n) is 0.754. The molecule has 2 nitrogen and oxygen atoms in total. The summed E-state index contributed by atoms with van der Waals surface area (Å²) in [6, 6.07) is 0. The van der Waals surface area contributed by atoms with Gasteiger partial charge < -0.3 is 5.73 Å². The Morgan fingerprint density at radius 2 is 2.50 bits per heavy atom. The van der Waals surface area contributed by atoms with Gasteiger partial charge in [0.15, 0.2) is 0 Å². The largest absolute Gasteiger partial charge is 0.384 e. The molecule has 0 unspecified atom stereocenters. The van der Waals surface area contributed by atoms with Crippen LogP contribution in [-0.2, 0) is 0 Å². The highest BCUT2D eigenvalue weighted by atomic mass is 14.7.